The van der Waals surface area contributed by atoms with Crippen LogP contribution >= 0.6 is 15.9 Å². The minimum absolute atomic E-state index is 0.0654. The summed E-state index contributed by atoms with van der Waals surface area (Å²) in [4.78, 5) is 6.99. The molecule has 2 rings (SSSR count). The third kappa shape index (κ3) is 4.25. The Kier molecular flexibility index (Phi) is 5.75. The molecule has 1 unspecified atom stereocenters. The maximum Gasteiger partial charge on any atom is 0.153 e. The Hall–Kier alpha value is -0.650. The van der Waals surface area contributed by atoms with Crippen molar-refractivity contribution in [3.05, 3.63) is 21.4 Å². The summed E-state index contributed by atoms with van der Waals surface area (Å²) in [6.07, 6.45) is 4.97. The number of rotatable bonds is 3. The molecular formula is C18H30BrN3O. The normalized spacial score (nSPS) is 23.7. The fraction of sp³-hybridized carbons (Fsp3) is 0.722. The second kappa shape index (κ2) is 7.08. The molecule has 1 heterocycles. The van der Waals surface area contributed by atoms with Crippen molar-refractivity contribution in [1.29, 1.82) is 0 Å². The number of nitrogens with zero attached hydrogens (tertiary/aromatic N) is 2. The molecule has 0 amide bonds. The zero-order valence-corrected chi connectivity index (χ0v) is 16.8. The number of aromatic nitrogens is 1. The van der Waals surface area contributed by atoms with Gasteiger partial charge in [0.2, 0.25) is 0 Å². The summed E-state index contributed by atoms with van der Waals surface area (Å²) in [6, 6.07) is 2.44. The van der Waals surface area contributed by atoms with Crippen molar-refractivity contribution in [3.8, 4) is 0 Å². The van der Waals surface area contributed by atoms with Crippen LogP contribution in [-0.2, 0) is 0 Å². The van der Waals surface area contributed by atoms with Crippen LogP contribution < -0.4 is 9.96 Å². The second-order valence-corrected chi connectivity index (χ2v) is 8.82. The first-order valence-electron chi connectivity index (χ1n) is 8.52. The Morgan fingerprint density at radius 1 is 1.26 bits per heavy atom. The number of quaternary nitrogens is 1. The first-order valence-corrected chi connectivity index (χ1v) is 9.31. The van der Waals surface area contributed by atoms with Gasteiger partial charge in [0.25, 0.3) is 0 Å². The molecule has 0 saturated heterocycles. The number of aryl methyl sites for hydroxylation is 1. The monoisotopic (exact) mass is 383 g/mol. The Bertz CT molecular complexity index is 546. The topological polar surface area (TPSA) is 43.6 Å². The van der Waals surface area contributed by atoms with Crippen molar-refractivity contribution >= 4 is 27.4 Å². The van der Waals surface area contributed by atoms with E-state index in [0.717, 1.165) is 21.9 Å². The van der Waals surface area contributed by atoms with E-state index < -0.39 is 0 Å². The van der Waals surface area contributed by atoms with Crippen LogP contribution in [-0.4, -0.2) is 25.1 Å². The molecule has 1 aromatic rings. The van der Waals surface area contributed by atoms with Gasteiger partial charge in [-0.3, -0.25) is 0 Å². The highest BCUT2D eigenvalue weighted by Gasteiger charge is 2.32. The third-order valence-corrected chi connectivity index (χ3v) is 5.91. The lowest BCUT2D eigenvalue weighted by Gasteiger charge is -2.40. The van der Waals surface area contributed by atoms with Crippen molar-refractivity contribution in [3.63, 3.8) is 0 Å². The molecule has 1 atom stereocenters. The zero-order valence-electron chi connectivity index (χ0n) is 15.2. The number of anilines is 1. The van der Waals surface area contributed by atoms with E-state index >= 15 is 0 Å². The predicted octanol–water partition coefficient (Wildman–Crippen LogP) is 3.84. The molecule has 1 aliphatic carbocycles. The minimum atomic E-state index is 0.0654. The number of hydrogen-bond acceptors (Lipinski definition) is 3. The van der Waals surface area contributed by atoms with Crippen molar-refractivity contribution < 1.29 is 5.06 Å². The molecule has 1 N–H and O–H groups in total. The molecule has 4 nitrogen and oxygen atoms in total. The summed E-state index contributed by atoms with van der Waals surface area (Å²) >= 11 is 3.60. The van der Waals surface area contributed by atoms with Gasteiger partial charge in [-0.05, 0) is 59.9 Å². The largest absolute Gasteiger partial charge is 0.629 e. The van der Waals surface area contributed by atoms with Crippen LogP contribution in [0.2, 0.25) is 0 Å². The Balaban J connectivity index is 2.13. The van der Waals surface area contributed by atoms with E-state index in [-0.39, 0.29) is 5.06 Å². The quantitative estimate of drug-likeness (QED) is 0.806. The summed E-state index contributed by atoms with van der Waals surface area (Å²) in [5.74, 6) is 1.76. The van der Waals surface area contributed by atoms with Gasteiger partial charge in [-0.15, -0.1) is 0 Å². The van der Waals surface area contributed by atoms with E-state index in [0.29, 0.717) is 17.1 Å². The van der Waals surface area contributed by atoms with E-state index in [4.69, 9.17) is 4.98 Å². The molecule has 1 fully saturated rings. The molecular weight excluding hydrogens is 354 g/mol. The number of hydrogen-bond donors (Lipinski definition) is 1. The van der Waals surface area contributed by atoms with E-state index in [1.165, 1.54) is 25.7 Å². The molecule has 0 radical (unpaired) electrons. The Morgan fingerprint density at radius 2 is 1.83 bits per heavy atom. The average molecular weight is 384 g/mol. The van der Waals surface area contributed by atoms with Crippen molar-refractivity contribution in [2.75, 3.05) is 19.0 Å². The van der Waals surface area contributed by atoms with Gasteiger partial charge >= 0.3 is 0 Å². The lowest BCUT2D eigenvalue weighted by atomic mass is 9.71. The molecule has 0 aromatic carbocycles. The van der Waals surface area contributed by atoms with Gasteiger partial charge in [0.1, 0.15) is 11.5 Å². The van der Waals surface area contributed by atoms with Gasteiger partial charge < -0.3 is 15.2 Å². The maximum atomic E-state index is 11.7. The number of hydroxylamine groups is 1. The van der Waals surface area contributed by atoms with Gasteiger partial charge in [-0.2, -0.15) is 0 Å². The number of halogens is 1. The van der Waals surface area contributed by atoms with E-state index in [1.54, 1.807) is 7.05 Å². The van der Waals surface area contributed by atoms with Gasteiger partial charge in [-0.25, -0.2) is 4.98 Å². The standard InChI is InChI=1S/C18H30BrN3O/c1-12-16(22(6)23)11-15(19)17(20-12)21(5)14-9-7-13(8-10-14)18(2,3)4/h11,13-14,22H,7-10H2,1-6H3. The third-order valence-electron chi connectivity index (χ3n) is 5.33. The van der Waals surface area contributed by atoms with E-state index in [2.05, 4.69) is 48.6 Å². The molecule has 130 valence electrons. The first-order chi connectivity index (χ1) is 10.6. The smallest absolute Gasteiger partial charge is 0.153 e. The van der Waals surface area contributed by atoms with Crippen LogP contribution in [0.5, 0.6) is 0 Å². The van der Waals surface area contributed by atoms with Crippen molar-refractivity contribution in [1.82, 2.24) is 4.98 Å². The molecule has 0 aliphatic heterocycles. The van der Waals surface area contributed by atoms with Crippen LogP contribution in [0, 0.1) is 23.5 Å². The van der Waals surface area contributed by atoms with Crippen LogP contribution in [0.25, 0.3) is 0 Å². The summed E-state index contributed by atoms with van der Waals surface area (Å²) in [6.45, 7) is 8.97. The maximum absolute atomic E-state index is 11.7. The van der Waals surface area contributed by atoms with Crippen molar-refractivity contribution in [2.45, 2.75) is 59.4 Å². The summed E-state index contributed by atoms with van der Waals surface area (Å²) in [5, 5.41) is 11.7. The molecule has 0 bridgehead atoms. The van der Waals surface area contributed by atoms with Gasteiger partial charge in [-0.1, -0.05) is 20.8 Å². The Labute approximate surface area is 149 Å². The van der Waals surface area contributed by atoms with Gasteiger partial charge in [0.05, 0.1) is 11.5 Å². The minimum Gasteiger partial charge on any atom is -0.629 e. The Morgan fingerprint density at radius 3 is 2.30 bits per heavy atom. The molecule has 1 aromatic heterocycles. The highest BCUT2D eigenvalue weighted by molar-refractivity contribution is 9.10. The highest BCUT2D eigenvalue weighted by atomic mass is 79.9. The van der Waals surface area contributed by atoms with E-state index in [1.807, 2.05) is 13.0 Å². The molecule has 1 aliphatic rings. The van der Waals surface area contributed by atoms with Crippen LogP contribution in [0.15, 0.2) is 10.5 Å². The summed E-state index contributed by atoms with van der Waals surface area (Å²) < 4.78 is 0.911. The average Bonchev–Trinajstić information content (AvgIpc) is 2.47. The fourth-order valence-corrected chi connectivity index (χ4v) is 4.27. The number of nitrogens with one attached hydrogen (secondary N) is 1. The molecule has 0 spiro atoms. The summed E-state index contributed by atoms with van der Waals surface area (Å²) in [5.41, 5.74) is 1.92. The highest BCUT2D eigenvalue weighted by Crippen LogP contribution is 2.40. The predicted molar refractivity (Wildman–Crippen MR) is 100 cm³/mol. The lowest BCUT2D eigenvalue weighted by molar-refractivity contribution is -0.752. The van der Waals surface area contributed by atoms with Crippen LogP contribution in [0.1, 0.15) is 52.1 Å². The fourth-order valence-electron chi connectivity index (χ4n) is 3.67. The van der Waals surface area contributed by atoms with Gasteiger partial charge in [0.15, 0.2) is 5.69 Å². The van der Waals surface area contributed by atoms with Crippen LogP contribution in [0.3, 0.4) is 0 Å². The van der Waals surface area contributed by atoms with Crippen LogP contribution in [0.4, 0.5) is 11.5 Å². The number of pyridine rings is 1. The summed E-state index contributed by atoms with van der Waals surface area (Å²) in [7, 11) is 3.72. The van der Waals surface area contributed by atoms with E-state index in [9.17, 15) is 5.21 Å². The first kappa shape index (κ1) is 18.7. The molecule has 1 saturated carbocycles. The van der Waals surface area contributed by atoms with Crippen molar-refractivity contribution in [2.24, 2.45) is 11.3 Å². The SMILES string of the molecule is Cc1nc(N(C)C2CCC(C(C)(C)C)CC2)c(Br)cc1[NH+](C)[O-]. The molecule has 5 heteroatoms. The lowest BCUT2D eigenvalue weighted by Crippen LogP contribution is -2.98. The molecule has 23 heavy (non-hydrogen) atoms. The second-order valence-electron chi connectivity index (χ2n) is 7.97. The zero-order chi connectivity index (χ0) is 17.4. The van der Waals surface area contributed by atoms with Gasteiger partial charge in [0, 0.05) is 19.2 Å².